The molecule has 1 amide bonds. The van der Waals surface area contributed by atoms with E-state index in [0.29, 0.717) is 10.6 Å². The number of methoxy groups -OCH3 is 1. The maximum Gasteiger partial charge on any atom is 0.341 e. The lowest BCUT2D eigenvalue weighted by Gasteiger charge is -2.11. The van der Waals surface area contributed by atoms with Crippen molar-refractivity contribution in [2.75, 3.05) is 12.4 Å². The lowest BCUT2D eigenvalue weighted by Crippen LogP contribution is -2.13. The van der Waals surface area contributed by atoms with E-state index in [1.165, 1.54) is 29.4 Å². The van der Waals surface area contributed by atoms with Crippen molar-refractivity contribution in [1.29, 1.82) is 0 Å². The van der Waals surface area contributed by atoms with Crippen molar-refractivity contribution in [2.24, 2.45) is 0 Å². The first-order valence-corrected chi connectivity index (χ1v) is 9.14. The lowest BCUT2D eigenvalue weighted by molar-refractivity contribution is -0.111. The second-order valence-electron chi connectivity index (χ2n) is 5.24. The van der Waals surface area contributed by atoms with Crippen molar-refractivity contribution < 1.29 is 14.3 Å². The summed E-state index contributed by atoms with van der Waals surface area (Å²) >= 11 is 3.06. The molecule has 120 valence electrons. The predicted molar refractivity (Wildman–Crippen MR) is 94.3 cm³/mol. The lowest BCUT2D eigenvalue weighted by atomic mass is 9.95. The van der Waals surface area contributed by atoms with Crippen molar-refractivity contribution in [3.8, 4) is 0 Å². The number of nitrogens with one attached hydrogen (secondary N) is 1. The molecule has 0 aliphatic heterocycles. The van der Waals surface area contributed by atoms with Crippen molar-refractivity contribution in [1.82, 2.24) is 0 Å². The Kier molecular flexibility index (Phi) is 4.93. The van der Waals surface area contributed by atoms with Crippen LogP contribution in [0, 0.1) is 0 Å². The molecule has 0 fully saturated rings. The van der Waals surface area contributed by atoms with E-state index >= 15 is 0 Å². The Morgan fingerprint density at radius 2 is 2.13 bits per heavy atom. The van der Waals surface area contributed by atoms with Crippen LogP contribution in [0.4, 0.5) is 5.00 Å². The predicted octanol–water partition coefficient (Wildman–Crippen LogP) is 4.13. The average Bonchev–Trinajstić information content (AvgIpc) is 3.19. The molecule has 0 saturated carbocycles. The van der Waals surface area contributed by atoms with Crippen LogP contribution in [0.1, 0.15) is 38.5 Å². The van der Waals surface area contributed by atoms with Gasteiger partial charge < -0.3 is 10.1 Å². The quantitative estimate of drug-likeness (QED) is 0.668. The second kappa shape index (κ2) is 7.10. The van der Waals surface area contributed by atoms with Gasteiger partial charge in [-0.25, -0.2) is 4.79 Å². The third kappa shape index (κ3) is 3.54. The normalized spacial score (nSPS) is 13.8. The third-order valence-electron chi connectivity index (χ3n) is 3.74. The minimum atomic E-state index is -0.373. The molecule has 2 aromatic rings. The van der Waals surface area contributed by atoms with E-state index in [9.17, 15) is 9.59 Å². The van der Waals surface area contributed by atoms with Crippen LogP contribution in [0.3, 0.4) is 0 Å². The molecule has 0 saturated heterocycles. The Labute approximate surface area is 142 Å². The molecule has 4 nitrogen and oxygen atoms in total. The zero-order valence-electron chi connectivity index (χ0n) is 12.8. The van der Waals surface area contributed by atoms with Crippen molar-refractivity contribution in [3.05, 3.63) is 44.5 Å². The van der Waals surface area contributed by atoms with Gasteiger partial charge in [-0.3, -0.25) is 4.79 Å². The largest absolute Gasteiger partial charge is 0.465 e. The first-order chi connectivity index (χ1) is 11.2. The van der Waals surface area contributed by atoms with Crippen LogP contribution in [0.15, 0.2) is 23.6 Å². The Bertz CT molecular complexity index is 744. The first kappa shape index (κ1) is 16.0. The van der Waals surface area contributed by atoms with Gasteiger partial charge in [-0.2, -0.15) is 0 Å². The van der Waals surface area contributed by atoms with Crippen LogP contribution in [-0.4, -0.2) is 19.0 Å². The highest BCUT2D eigenvalue weighted by Gasteiger charge is 2.26. The number of carbonyl (C=O) groups is 2. The summed E-state index contributed by atoms with van der Waals surface area (Å²) in [7, 11) is 1.37. The fourth-order valence-electron chi connectivity index (χ4n) is 2.67. The van der Waals surface area contributed by atoms with E-state index in [2.05, 4.69) is 5.32 Å². The Balaban J connectivity index is 1.83. The molecule has 2 aromatic heterocycles. The van der Waals surface area contributed by atoms with Gasteiger partial charge in [0.2, 0.25) is 5.91 Å². The summed E-state index contributed by atoms with van der Waals surface area (Å²) in [6.07, 6.45) is 7.29. The topological polar surface area (TPSA) is 55.4 Å². The number of esters is 1. The minimum Gasteiger partial charge on any atom is -0.465 e. The van der Waals surface area contributed by atoms with Crippen molar-refractivity contribution in [3.63, 3.8) is 0 Å². The molecule has 23 heavy (non-hydrogen) atoms. The molecular formula is C17H17NO3S2. The summed E-state index contributed by atoms with van der Waals surface area (Å²) in [4.78, 5) is 26.5. The maximum atomic E-state index is 12.1. The third-order valence-corrected chi connectivity index (χ3v) is 5.78. The van der Waals surface area contributed by atoms with Gasteiger partial charge in [0, 0.05) is 15.8 Å². The summed E-state index contributed by atoms with van der Waals surface area (Å²) in [5, 5.41) is 5.40. The van der Waals surface area contributed by atoms with E-state index in [1.807, 2.05) is 17.5 Å². The number of anilines is 1. The van der Waals surface area contributed by atoms with E-state index in [4.69, 9.17) is 4.74 Å². The van der Waals surface area contributed by atoms with Gasteiger partial charge in [-0.1, -0.05) is 6.07 Å². The summed E-state index contributed by atoms with van der Waals surface area (Å²) in [5.74, 6) is -0.607. The van der Waals surface area contributed by atoms with Gasteiger partial charge in [0.05, 0.1) is 12.7 Å². The number of hydrogen-bond acceptors (Lipinski definition) is 5. The van der Waals surface area contributed by atoms with Crippen LogP contribution in [0.2, 0.25) is 0 Å². The number of fused-ring (bicyclic) bond motifs is 1. The molecule has 0 bridgehead atoms. The van der Waals surface area contributed by atoms with Gasteiger partial charge >= 0.3 is 5.97 Å². The molecule has 0 spiro atoms. The molecule has 3 rings (SSSR count). The monoisotopic (exact) mass is 347 g/mol. The minimum absolute atomic E-state index is 0.234. The zero-order valence-corrected chi connectivity index (χ0v) is 14.4. The van der Waals surface area contributed by atoms with Gasteiger partial charge in [-0.15, -0.1) is 22.7 Å². The molecule has 0 aromatic carbocycles. The Hall–Kier alpha value is -1.92. The van der Waals surface area contributed by atoms with Gasteiger partial charge in [0.15, 0.2) is 0 Å². The van der Waals surface area contributed by atoms with Crippen molar-refractivity contribution in [2.45, 2.75) is 25.7 Å². The SMILES string of the molecule is COC(=O)c1c(NC(=O)/C=C/c2cccs2)sc2c1CCCC2. The van der Waals surface area contributed by atoms with Crippen LogP contribution in [-0.2, 0) is 22.4 Å². The molecular weight excluding hydrogens is 330 g/mol. The molecule has 0 radical (unpaired) electrons. The number of ether oxygens (including phenoxy) is 1. The zero-order chi connectivity index (χ0) is 16.2. The average molecular weight is 347 g/mol. The molecule has 0 atom stereocenters. The number of rotatable bonds is 4. The summed E-state index contributed by atoms with van der Waals surface area (Å²) in [6.45, 7) is 0. The number of carbonyl (C=O) groups excluding carboxylic acids is 2. The molecule has 2 heterocycles. The standard InChI is InChI=1S/C17H17NO3S2/c1-21-17(20)15-12-6-2-3-7-13(12)23-16(15)18-14(19)9-8-11-5-4-10-22-11/h4-5,8-10H,2-3,6-7H2,1H3,(H,18,19)/b9-8+. The number of amides is 1. The first-order valence-electron chi connectivity index (χ1n) is 7.44. The van der Waals surface area contributed by atoms with Crippen molar-refractivity contribution >= 4 is 45.6 Å². The highest BCUT2D eigenvalue weighted by atomic mass is 32.1. The van der Waals surface area contributed by atoms with Crippen LogP contribution in [0.25, 0.3) is 6.08 Å². The smallest absolute Gasteiger partial charge is 0.341 e. The Morgan fingerprint density at radius 1 is 1.30 bits per heavy atom. The summed E-state index contributed by atoms with van der Waals surface area (Å²) in [6, 6.07) is 3.88. The number of aryl methyl sites for hydroxylation is 1. The van der Waals surface area contributed by atoms with Gasteiger partial charge in [0.1, 0.15) is 5.00 Å². The number of thiophene rings is 2. The molecule has 1 aliphatic carbocycles. The fourth-order valence-corrected chi connectivity index (χ4v) is 4.57. The Morgan fingerprint density at radius 3 is 2.87 bits per heavy atom. The second-order valence-corrected chi connectivity index (χ2v) is 7.33. The number of hydrogen-bond donors (Lipinski definition) is 1. The van der Waals surface area contributed by atoms with E-state index in [0.717, 1.165) is 36.1 Å². The summed E-state index contributed by atoms with van der Waals surface area (Å²) < 4.78 is 4.90. The van der Waals surface area contributed by atoms with Crippen LogP contribution < -0.4 is 5.32 Å². The van der Waals surface area contributed by atoms with Crippen LogP contribution >= 0.6 is 22.7 Å². The van der Waals surface area contributed by atoms with E-state index in [1.54, 1.807) is 17.4 Å². The highest BCUT2D eigenvalue weighted by molar-refractivity contribution is 7.17. The molecule has 1 aliphatic rings. The molecule has 1 N–H and O–H groups in total. The van der Waals surface area contributed by atoms with Crippen LogP contribution in [0.5, 0.6) is 0 Å². The highest BCUT2D eigenvalue weighted by Crippen LogP contribution is 2.38. The van der Waals surface area contributed by atoms with Gasteiger partial charge in [-0.05, 0) is 48.8 Å². The molecule has 6 heteroatoms. The van der Waals surface area contributed by atoms with E-state index in [-0.39, 0.29) is 11.9 Å². The fraction of sp³-hybridized carbons (Fsp3) is 0.294. The van der Waals surface area contributed by atoms with Gasteiger partial charge in [0.25, 0.3) is 0 Å². The molecule has 0 unspecified atom stereocenters. The summed E-state index contributed by atoms with van der Waals surface area (Å²) in [5.41, 5.74) is 1.58. The van der Waals surface area contributed by atoms with E-state index < -0.39 is 0 Å². The maximum absolute atomic E-state index is 12.1.